The standard InChI is InChI=1S/C34H34Cl2N6O5.ClH/c1-20-32(47-19-25-26(35)10-6-11-27(25)36)31(40(3)29(44)18-38-34(37)46)30-24(9-5-12-28(30)39-20)22-7-4-8-23(17-22)33(45)42-15-13-41(14-16-42)21(2)43;/h4-12,17H,13-16,18-19H2,1-3H3,(H3,37,38,46);1H. The number of halogens is 3. The number of piperazine rings is 1. The third kappa shape index (κ3) is 7.75. The molecule has 48 heavy (non-hydrogen) atoms. The summed E-state index contributed by atoms with van der Waals surface area (Å²) in [4.78, 5) is 59.9. The van der Waals surface area contributed by atoms with Crippen molar-refractivity contribution in [2.45, 2.75) is 20.5 Å². The molecule has 1 saturated heterocycles. The maximum atomic E-state index is 13.6. The third-order valence-corrected chi connectivity index (χ3v) is 8.80. The normalized spacial score (nSPS) is 12.7. The number of aromatic nitrogens is 1. The Balaban J connectivity index is 0.00000520. The van der Waals surface area contributed by atoms with E-state index in [0.717, 1.165) is 0 Å². The molecule has 0 atom stereocenters. The number of nitrogens with zero attached hydrogens (tertiary/aromatic N) is 4. The second-order valence-corrected chi connectivity index (χ2v) is 11.9. The van der Waals surface area contributed by atoms with Gasteiger partial charge in [0.2, 0.25) is 11.8 Å². The minimum Gasteiger partial charge on any atom is -0.485 e. The summed E-state index contributed by atoms with van der Waals surface area (Å²) in [7, 11) is 1.58. The smallest absolute Gasteiger partial charge is 0.312 e. The van der Waals surface area contributed by atoms with Gasteiger partial charge in [-0.05, 0) is 48.4 Å². The van der Waals surface area contributed by atoms with E-state index >= 15 is 0 Å². The first-order chi connectivity index (χ1) is 22.5. The molecule has 0 radical (unpaired) electrons. The number of aryl methyl sites for hydroxylation is 1. The predicted octanol–water partition coefficient (Wildman–Crippen LogP) is 5.45. The molecular weight excluding hydrogens is 679 g/mol. The molecule has 1 aliphatic rings. The zero-order valence-electron chi connectivity index (χ0n) is 26.6. The summed E-state index contributed by atoms with van der Waals surface area (Å²) < 4.78 is 6.35. The Hall–Kier alpha value is -4.58. The molecule has 4 aromatic rings. The summed E-state index contributed by atoms with van der Waals surface area (Å²) in [6, 6.07) is 17.1. The minimum absolute atomic E-state index is 0. The number of hydrogen-bond acceptors (Lipinski definition) is 6. The topological polar surface area (TPSA) is 138 Å². The number of pyridine rings is 1. The molecule has 3 N–H and O–H groups in total. The van der Waals surface area contributed by atoms with E-state index in [9.17, 15) is 19.2 Å². The molecular formula is C34H35Cl3N6O5. The van der Waals surface area contributed by atoms with E-state index in [1.54, 1.807) is 60.2 Å². The van der Waals surface area contributed by atoms with Gasteiger partial charge < -0.3 is 30.5 Å². The second kappa shape index (κ2) is 15.5. The largest absolute Gasteiger partial charge is 0.485 e. The first-order valence-corrected chi connectivity index (χ1v) is 15.7. The van der Waals surface area contributed by atoms with E-state index in [0.29, 0.717) is 86.5 Å². The number of nitrogens with one attached hydrogen (secondary N) is 1. The molecule has 1 aromatic heterocycles. The van der Waals surface area contributed by atoms with Gasteiger partial charge in [0.25, 0.3) is 5.91 Å². The monoisotopic (exact) mass is 712 g/mol. The van der Waals surface area contributed by atoms with Gasteiger partial charge in [-0.15, -0.1) is 12.4 Å². The Morgan fingerprint density at radius 2 is 1.58 bits per heavy atom. The van der Waals surface area contributed by atoms with Crippen molar-refractivity contribution in [2.24, 2.45) is 5.73 Å². The first kappa shape index (κ1) is 36.3. The van der Waals surface area contributed by atoms with E-state index in [1.807, 2.05) is 24.3 Å². The Kier molecular flexibility index (Phi) is 11.7. The van der Waals surface area contributed by atoms with Crippen molar-refractivity contribution >= 4 is 76.0 Å². The van der Waals surface area contributed by atoms with Crippen LogP contribution in [0.1, 0.15) is 28.5 Å². The highest BCUT2D eigenvalue weighted by Gasteiger charge is 2.27. The van der Waals surface area contributed by atoms with Crippen molar-refractivity contribution in [3.8, 4) is 16.9 Å². The molecule has 0 saturated carbocycles. The molecule has 2 heterocycles. The molecule has 252 valence electrons. The van der Waals surface area contributed by atoms with E-state index < -0.39 is 11.9 Å². The fourth-order valence-corrected chi connectivity index (χ4v) is 6.09. The molecule has 5 rings (SSSR count). The van der Waals surface area contributed by atoms with Gasteiger partial charge in [0.05, 0.1) is 23.4 Å². The van der Waals surface area contributed by atoms with Crippen LogP contribution in [-0.4, -0.2) is 78.3 Å². The average molecular weight is 714 g/mol. The minimum atomic E-state index is -0.836. The van der Waals surface area contributed by atoms with Crippen LogP contribution >= 0.6 is 35.6 Å². The quantitative estimate of drug-likeness (QED) is 0.249. The lowest BCUT2D eigenvalue weighted by Crippen LogP contribution is -2.50. The SMILES string of the molecule is CC(=O)N1CCN(C(=O)c2cccc(-c3cccc4nc(C)c(OCc5c(Cl)cccc5Cl)c(N(C)C(=O)CNC(N)=O)c34)c2)CC1.Cl. The van der Waals surface area contributed by atoms with Crippen molar-refractivity contribution in [1.29, 1.82) is 0 Å². The Morgan fingerprint density at radius 1 is 0.958 bits per heavy atom. The Labute approximate surface area is 294 Å². The van der Waals surface area contributed by atoms with Crippen LogP contribution < -0.4 is 20.7 Å². The Bertz CT molecular complexity index is 1860. The zero-order valence-corrected chi connectivity index (χ0v) is 28.9. The lowest BCUT2D eigenvalue weighted by molar-refractivity contribution is -0.130. The van der Waals surface area contributed by atoms with Crippen LogP contribution in [0.15, 0.2) is 60.7 Å². The maximum absolute atomic E-state index is 13.6. The summed E-state index contributed by atoms with van der Waals surface area (Å²) in [5, 5.41) is 3.78. The maximum Gasteiger partial charge on any atom is 0.312 e. The molecule has 1 aliphatic heterocycles. The number of carbonyl (C=O) groups excluding carboxylic acids is 4. The number of benzene rings is 3. The fraction of sp³-hybridized carbons (Fsp3) is 0.265. The number of anilines is 1. The van der Waals surface area contributed by atoms with E-state index in [1.165, 1.54) is 11.8 Å². The third-order valence-electron chi connectivity index (χ3n) is 8.09. The zero-order chi connectivity index (χ0) is 33.8. The number of primary amides is 1. The lowest BCUT2D eigenvalue weighted by atomic mass is 9.96. The average Bonchev–Trinajstić information content (AvgIpc) is 3.06. The van der Waals surface area contributed by atoms with E-state index in [-0.39, 0.29) is 37.4 Å². The number of likely N-dealkylation sites (N-methyl/N-ethyl adjacent to an activating group) is 1. The van der Waals surface area contributed by atoms with Crippen LogP contribution in [0.2, 0.25) is 10.0 Å². The summed E-state index contributed by atoms with van der Waals surface area (Å²) >= 11 is 12.9. The number of ether oxygens (including phenoxy) is 1. The van der Waals surface area contributed by atoms with E-state index in [2.05, 4.69) is 5.32 Å². The van der Waals surface area contributed by atoms with Gasteiger partial charge in [-0.2, -0.15) is 0 Å². The summed E-state index contributed by atoms with van der Waals surface area (Å²) in [6.45, 7) is 4.76. The van der Waals surface area contributed by atoms with Crippen LogP contribution in [0, 0.1) is 6.92 Å². The predicted molar refractivity (Wildman–Crippen MR) is 189 cm³/mol. The van der Waals surface area contributed by atoms with Crippen molar-refractivity contribution < 1.29 is 23.9 Å². The number of nitrogens with two attached hydrogens (primary N) is 1. The molecule has 0 spiro atoms. The second-order valence-electron chi connectivity index (χ2n) is 11.1. The molecule has 3 aromatic carbocycles. The number of carbonyl (C=O) groups is 4. The highest BCUT2D eigenvalue weighted by Crippen LogP contribution is 2.43. The molecule has 11 nitrogen and oxygen atoms in total. The van der Waals surface area contributed by atoms with Gasteiger partial charge in [0.1, 0.15) is 6.61 Å². The molecule has 0 aliphatic carbocycles. The van der Waals surface area contributed by atoms with Crippen molar-refractivity contribution in [2.75, 3.05) is 44.7 Å². The summed E-state index contributed by atoms with van der Waals surface area (Å²) in [6.07, 6.45) is 0. The molecule has 0 bridgehead atoms. The highest BCUT2D eigenvalue weighted by molar-refractivity contribution is 6.36. The van der Waals surface area contributed by atoms with Gasteiger partial charge in [0.15, 0.2) is 5.75 Å². The van der Waals surface area contributed by atoms with Crippen LogP contribution in [0.4, 0.5) is 10.5 Å². The summed E-state index contributed by atoms with van der Waals surface area (Å²) in [5.74, 6) is -0.303. The lowest BCUT2D eigenvalue weighted by Gasteiger charge is -2.34. The van der Waals surface area contributed by atoms with Gasteiger partial charge in [-0.3, -0.25) is 14.4 Å². The van der Waals surface area contributed by atoms with Gasteiger partial charge >= 0.3 is 6.03 Å². The number of fused-ring (bicyclic) bond motifs is 1. The number of urea groups is 1. The van der Waals surface area contributed by atoms with Crippen molar-refractivity contribution in [3.63, 3.8) is 0 Å². The van der Waals surface area contributed by atoms with Crippen LogP contribution in [-0.2, 0) is 16.2 Å². The number of hydrogen-bond donors (Lipinski definition) is 2. The van der Waals surface area contributed by atoms with Crippen LogP contribution in [0.5, 0.6) is 5.75 Å². The van der Waals surface area contributed by atoms with Crippen LogP contribution in [0.25, 0.3) is 22.0 Å². The van der Waals surface area contributed by atoms with Crippen LogP contribution in [0.3, 0.4) is 0 Å². The molecule has 0 unspecified atom stereocenters. The molecule has 1 fully saturated rings. The first-order valence-electron chi connectivity index (χ1n) is 14.9. The molecule has 5 amide bonds. The Morgan fingerprint density at radius 3 is 2.23 bits per heavy atom. The van der Waals surface area contributed by atoms with Crippen molar-refractivity contribution in [1.82, 2.24) is 20.1 Å². The highest BCUT2D eigenvalue weighted by atomic mass is 35.5. The molecule has 14 heteroatoms. The number of amides is 5. The van der Waals surface area contributed by atoms with Crippen molar-refractivity contribution in [3.05, 3.63) is 87.5 Å². The van der Waals surface area contributed by atoms with Gasteiger partial charge in [-0.1, -0.05) is 53.5 Å². The van der Waals surface area contributed by atoms with Gasteiger partial charge in [0, 0.05) is 66.7 Å². The van der Waals surface area contributed by atoms with Gasteiger partial charge in [-0.25, -0.2) is 9.78 Å². The fourth-order valence-electron chi connectivity index (χ4n) is 5.58. The summed E-state index contributed by atoms with van der Waals surface area (Å²) in [5.41, 5.74) is 9.20. The number of rotatable bonds is 8. The van der Waals surface area contributed by atoms with E-state index in [4.69, 9.17) is 38.7 Å².